The van der Waals surface area contributed by atoms with E-state index >= 15 is 0 Å². The van der Waals surface area contributed by atoms with Crippen LogP contribution in [-0.2, 0) is 11.3 Å². The van der Waals surface area contributed by atoms with Gasteiger partial charge in [-0.3, -0.25) is 0 Å². The maximum atomic E-state index is 6.21. The fraction of sp³-hybridized carbons (Fsp3) is 0.360. The first-order valence-electron chi connectivity index (χ1n) is 10.3. The number of morpholine rings is 1. The van der Waals surface area contributed by atoms with E-state index in [9.17, 15) is 0 Å². The second-order valence-electron chi connectivity index (χ2n) is 8.23. The summed E-state index contributed by atoms with van der Waals surface area (Å²) in [6.07, 6.45) is 2.64. The highest BCUT2D eigenvalue weighted by Gasteiger charge is 2.32. The van der Waals surface area contributed by atoms with Gasteiger partial charge in [0.25, 0.3) is 0 Å². The first kappa shape index (κ1) is 20.4. The van der Waals surface area contributed by atoms with Gasteiger partial charge < -0.3 is 14.6 Å². The summed E-state index contributed by atoms with van der Waals surface area (Å²) >= 11 is 3.54. The molecule has 1 saturated heterocycles. The van der Waals surface area contributed by atoms with Crippen LogP contribution in [0.25, 0.3) is 11.1 Å². The summed E-state index contributed by atoms with van der Waals surface area (Å²) in [6, 6.07) is 17.6. The molecule has 2 heterocycles. The Morgan fingerprint density at radius 3 is 2.38 bits per heavy atom. The van der Waals surface area contributed by atoms with E-state index in [0.29, 0.717) is 0 Å². The molecule has 1 aliphatic heterocycles. The Hall–Kier alpha value is -1.88. The number of rotatable bonds is 4. The largest absolute Gasteiger partial charge is 0.372 e. The van der Waals surface area contributed by atoms with Crippen LogP contribution < -0.4 is 5.32 Å². The third-order valence-electron chi connectivity index (χ3n) is 5.75. The van der Waals surface area contributed by atoms with Crippen molar-refractivity contribution in [1.82, 2.24) is 9.88 Å². The lowest BCUT2D eigenvalue weighted by Gasteiger charge is -2.35. The zero-order valence-electron chi connectivity index (χ0n) is 17.6. The number of hydrogen-bond acceptors (Lipinski definition) is 2. The maximum absolute atomic E-state index is 6.21. The number of halogens is 1. The van der Waals surface area contributed by atoms with Crippen LogP contribution >= 0.6 is 15.9 Å². The SMILES string of the molecule is Cc1ccc(-c2c(C)cn(Cc3ccc(Br)cc3)c2C2NCC(C)OC2C)cc1. The minimum Gasteiger partial charge on any atom is -0.372 e. The molecular weight excluding hydrogens is 424 g/mol. The van der Waals surface area contributed by atoms with E-state index in [1.807, 2.05) is 0 Å². The Balaban J connectivity index is 1.81. The van der Waals surface area contributed by atoms with Gasteiger partial charge in [-0.15, -0.1) is 0 Å². The topological polar surface area (TPSA) is 26.2 Å². The van der Waals surface area contributed by atoms with Gasteiger partial charge in [0.15, 0.2) is 0 Å². The van der Waals surface area contributed by atoms with Crippen LogP contribution in [0.15, 0.2) is 59.2 Å². The van der Waals surface area contributed by atoms with Gasteiger partial charge in [0.05, 0.1) is 18.2 Å². The Labute approximate surface area is 182 Å². The summed E-state index contributed by atoms with van der Waals surface area (Å²) in [4.78, 5) is 0. The summed E-state index contributed by atoms with van der Waals surface area (Å²) in [5.41, 5.74) is 7.78. The minimum absolute atomic E-state index is 0.112. The molecule has 152 valence electrons. The van der Waals surface area contributed by atoms with Crippen LogP contribution in [0.4, 0.5) is 0 Å². The van der Waals surface area contributed by atoms with Crippen LogP contribution in [0, 0.1) is 13.8 Å². The molecule has 0 aliphatic carbocycles. The second kappa shape index (κ2) is 8.47. The normalized spacial score (nSPS) is 22.0. The van der Waals surface area contributed by atoms with Crippen LogP contribution in [0.5, 0.6) is 0 Å². The van der Waals surface area contributed by atoms with Crippen molar-refractivity contribution in [3.63, 3.8) is 0 Å². The van der Waals surface area contributed by atoms with E-state index in [0.717, 1.165) is 17.6 Å². The van der Waals surface area contributed by atoms with Gasteiger partial charge >= 0.3 is 0 Å². The third kappa shape index (κ3) is 4.35. The van der Waals surface area contributed by atoms with Crippen molar-refractivity contribution in [2.75, 3.05) is 6.54 Å². The average molecular weight is 453 g/mol. The number of aromatic nitrogens is 1. The highest BCUT2D eigenvalue weighted by Crippen LogP contribution is 2.37. The quantitative estimate of drug-likeness (QED) is 0.523. The van der Waals surface area contributed by atoms with Gasteiger partial charge in [-0.1, -0.05) is 57.9 Å². The van der Waals surface area contributed by atoms with Crippen molar-refractivity contribution in [1.29, 1.82) is 0 Å². The number of ether oxygens (including phenoxy) is 1. The van der Waals surface area contributed by atoms with Gasteiger partial charge in [-0.05, 0) is 56.5 Å². The van der Waals surface area contributed by atoms with E-state index in [4.69, 9.17) is 4.74 Å². The number of aryl methyl sites for hydroxylation is 2. The molecule has 0 spiro atoms. The lowest BCUT2D eigenvalue weighted by atomic mass is 9.95. The first-order valence-corrected chi connectivity index (χ1v) is 11.1. The molecule has 1 fully saturated rings. The summed E-state index contributed by atoms with van der Waals surface area (Å²) in [5.74, 6) is 0. The Bertz CT molecular complexity index is 975. The van der Waals surface area contributed by atoms with Gasteiger partial charge in [0, 0.05) is 35.0 Å². The molecule has 4 rings (SSSR count). The molecule has 3 unspecified atom stereocenters. The van der Waals surface area contributed by atoms with Crippen molar-refractivity contribution in [3.8, 4) is 11.1 Å². The molecule has 3 nitrogen and oxygen atoms in total. The number of nitrogens with one attached hydrogen (secondary N) is 1. The van der Waals surface area contributed by atoms with Crippen molar-refractivity contribution < 1.29 is 4.74 Å². The lowest BCUT2D eigenvalue weighted by Crippen LogP contribution is -2.45. The molecule has 29 heavy (non-hydrogen) atoms. The molecule has 0 saturated carbocycles. The molecule has 0 bridgehead atoms. The standard InChI is InChI=1S/C25H29BrN2O/c1-16-5-9-21(10-6-16)23-17(2)14-28(15-20-7-11-22(26)12-8-20)25(23)24-19(4)29-18(3)13-27-24/h5-12,14,18-19,24,27H,13,15H2,1-4H3. The minimum atomic E-state index is 0.112. The van der Waals surface area contributed by atoms with E-state index in [2.05, 4.69) is 108 Å². The fourth-order valence-electron chi connectivity index (χ4n) is 4.33. The van der Waals surface area contributed by atoms with E-state index in [1.54, 1.807) is 0 Å². The van der Waals surface area contributed by atoms with Gasteiger partial charge in [0.2, 0.25) is 0 Å². The van der Waals surface area contributed by atoms with Crippen molar-refractivity contribution in [3.05, 3.63) is 81.6 Å². The molecule has 2 aromatic carbocycles. The van der Waals surface area contributed by atoms with E-state index < -0.39 is 0 Å². The van der Waals surface area contributed by atoms with Gasteiger partial charge in [0.1, 0.15) is 0 Å². The zero-order chi connectivity index (χ0) is 20.5. The molecule has 3 aromatic rings. The summed E-state index contributed by atoms with van der Waals surface area (Å²) in [6.45, 7) is 10.4. The zero-order valence-corrected chi connectivity index (χ0v) is 19.2. The molecule has 1 aliphatic rings. The maximum Gasteiger partial charge on any atom is 0.0760 e. The molecule has 3 atom stereocenters. The van der Waals surface area contributed by atoms with Crippen LogP contribution in [0.2, 0.25) is 0 Å². The van der Waals surface area contributed by atoms with E-state index in [-0.39, 0.29) is 18.2 Å². The lowest BCUT2D eigenvalue weighted by molar-refractivity contribution is -0.0460. The summed E-state index contributed by atoms with van der Waals surface area (Å²) in [7, 11) is 0. The molecule has 1 aromatic heterocycles. The number of hydrogen-bond donors (Lipinski definition) is 1. The Morgan fingerprint density at radius 1 is 1.03 bits per heavy atom. The van der Waals surface area contributed by atoms with Gasteiger partial charge in [-0.2, -0.15) is 0 Å². The summed E-state index contributed by atoms with van der Waals surface area (Å²) < 4.78 is 9.72. The Kier molecular flexibility index (Phi) is 5.95. The molecular formula is C25H29BrN2O. The molecule has 4 heteroatoms. The number of nitrogens with zero attached hydrogens (tertiary/aromatic N) is 1. The van der Waals surface area contributed by atoms with Crippen LogP contribution in [0.3, 0.4) is 0 Å². The Morgan fingerprint density at radius 2 is 1.72 bits per heavy atom. The number of benzene rings is 2. The summed E-state index contributed by atoms with van der Waals surface area (Å²) in [5, 5.41) is 3.75. The van der Waals surface area contributed by atoms with Crippen LogP contribution in [0.1, 0.15) is 42.3 Å². The smallest absolute Gasteiger partial charge is 0.0760 e. The molecule has 0 radical (unpaired) electrons. The first-order chi connectivity index (χ1) is 13.9. The van der Waals surface area contributed by atoms with Crippen LogP contribution in [-0.4, -0.2) is 23.3 Å². The highest BCUT2D eigenvalue weighted by molar-refractivity contribution is 9.10. The monoisotopic (exact) mass is 452 g/mol. The van der Waals surface area contributed by atoms with Gasteiger partial charge in [-0.25, -0.2) is 0 Å². The average Bonchev–Trinajstić information content (AvgIpc) is 3.00. The van der Waals surface area contributed by atoms with Crippen molar-refractivity contribution >= 4 is 15.9 Å². The third-order valence-corrected chi connectivity index (χ3v) is 6.28. The second-order valence-corrected chi connectivity index (χ2v) is 9.15. The molecule has 1 N–H and O–H groups in total. The van der Waals surface area contributed by atoms with Crippen molar-refractivity contribution in [2.45, 2.75) is 52.5 Å². The highest BCUT2D eigenvalue weighted by atomic mass is 79.9. The van der Waals surface area contributed by atoms with E-state index in [1.165, 1.54) is 33.5 Å². The molecule has 0 amide bonds. The van der Waals surface area contributed by atoms with Crippen molar-refractivity contribution in [2.24, 2.45) is 0 Å². The fourth-order valence-corrected chi connectivity index (χ4v) is 4.60. The predicted octanol–water partition coefficient (Wildman–Crippen LogP) is 6.02. The predicted molar refractivity (Wildman–Crippen MR) is 123 cm³/mol.